The summed E-state index contributed by atoms with van der Waals surface area (Å²) in [5.74, 6) is 2.91. The molecule has 4 heteroatoms. The maximum Gasteiger partial charge on any atom is 0.142 e. The fraction of sp³-hybridized carbons (Fsp3) is 0.571. The average molecular weight is 288 g/mol. The second kappa shape index (κ2) is 6.78. The molecule has 0 spiro atoms. The standard InChI is InChI=1S/C14H19ClFNS/c15-13-2-1-11(9-14(13)16)8-12(17)7-10-3-5-18-6-4-10/h1-2,9-10,12H,3-8,17H2. The van der Waals surface area contributed by atoms with E-state index in [1.807, 2.05) is 17.8 Å². The molecule has 1 heterocycles. The number of rotatable bonds is 4. The molecule has 0 saturated carbocycles. The lowest BCUT2D eigenvalue weighted by atomic mass is 9.91. The molecule has 0 aromatic heterocycles. The van der Waals surface area contributed by atoms with Gasteiger partial charge in [0.25, 0.3) is 0 Å². The highest BCUT2D eigenvalue weighted by Crippen LogP contribution is 2.26. The summed E-state index contributed by atoms with van der Waals surface area (Å²) in [4.78, 5) is 0. The van der Waals surface area contributed by atoms with Crippen LogP contribution in [-0.2, 0) is 6.42 Å². The molecule has 1 aliphatic rings. The van der Waals surface area contributed by atoms with Crippen LogP contribution in [0.2, 0.25) is 5.02 Å². The largest absolute Gasteiger partial charge is 0.327 e. The van der Waals surface area contributed by atoms with Crippen LogP contribution in [0.15, 0.2) is 18.2 Å². The second-order valence-corrected chi connectivity index (χ2v) is 6.64. The van der Waals surface area contributed by atoms with E-state index in [1.165, 1.54) is 30.4 Å². The van der Waals surface area contributed by atoms with E-state index in [4.69, 9.17) is 17.3 Å². The lowest BCUT2D eigenvalue weighted by Crippen LogP contribution is -2.27. The normalized spacial score (nSPS) is 18.8. The van der Waals surface area contributed by atoms with Gasteiger partial charge in [0.15, 0.2) is 0 Å². The molecule has 2 rings (SSSR count). The van der Waals surface area contributed by atoms with Gasteiger partial charge in [0.2, 0.25) is 0 Å². The first-order chi connectivity index (χ1) is 8.65. The summed E-state index contributed by atoms with van der Waals surface area (Å²) < 4.78 is 13.3. The van der Waals surface area contributed by atoms with Crippen molar-refractivity contribution in [1.82, 2.24) is 0 Å². The minimum absolute atomic E-state index is 0.124. The van der Waals surface area contributed by atoms with Gasteiger partial charge in [0.05, 0.1) is 5.02 Å². The number of nitrogens with two attached hydrogens (primary N) is 1. The Hall–Kier alpha value is -0.250. The Kier molecular flexibility index (Phi) is 5.34. The molecule has 0 radical (unpaired) electrons. The summed E-state index contributed by atoms with van der Waals surface area (Å²) in [5, 5.41) is 0.177. The molecule has 1 unspecified atom stereocenters. The van der Waals surface area contributed by atoms with Gasteiger partial charge in [-0.1, -0.05) is 17.7 Å². The monoisotopic (exact) mass is 287 g/mol. The predicted molar refractivity (Wildman–Crippen MR) is 77.8 cm³/mol. The Morgan fingerprint density at radius 1 is 1.39 bits per heavy atom. The van der Waals surface area contributed by atoms with Gasteiger partial charge in [-0.15, -0.1) is 0 Å². The third-order valence-corrected chi connectivity index (χ3v) is 4.81. The van der Waals surface area contributed by atoms with Crippen molar-refractivity contribution in [3.05, 3.63) is 34.6 Å². The Morgan fingerprint density at radius 2 is 2.11 bits per heavy atom. The van der Waals surface area contributed by atoms with Gasteiger partial charge < -0.3 is 5.73 Å². The van der Waals surface area contributed by atoms with E-state index in [2.05, 4.69) is 0 Å². The molecule has 1 aromatic rings. The SMILES string of the molecule is NC(Cc1ccc(Cl)c(F)c1)CC1CCSCC1. The van der Waals surface area contributed by atoms with Crippen LogP contribution in [-0.4, -0.2) is 17.5 Å². The second-order valence-electron chi connectivity index (χ2n) is 5.00. The van der Waals surface area contributed by atoms with Crippen molar-refractivity contribution >= 4 is 23.4 Å². The molecule has 1 nitrogen and oxygen atoms in total. The lowest BCUT2D eigenvalue weighted by molar-refractivity contribution is 0.405. The molecule has 1 aliphatic heterocycles. The molecule has 1 saturated heterocycles. The predicted octanol–water partition coefficient (Wildman–Crippen LogP) is 3.88. The summed E-state index contributed by atoms with van der Waals surface area (Å²) in [6, 6.07) is 5.09. The van der Waals surface area contributed by atoms with Crippen molar-refractivity contribution < 1.29 is 4.39 Å². The number of benzene rings is 1. The summed E-state index contributed by atoms with van der Waals surface area (Å²) in [6.07, 6.45) is 4.32. The van der Waals surface area contributed by atoms with Crippen molar-refractivity contribution in [1.29, 1.82) is 0 Å². The van der Waals surface area contributed by atoms with Crippen LogP contribution < -0.4 is 5.73 Å². The number of hydrogen-bond donors (Lipinski definition) is 1. The zero-order valence-electron chi connectivity index (χ0n) is 10.4. The van der Waals surface area contributed by atoms with Gasteiger partial charge in [-0.25, -0.2) is 4.39 Å². The molecular formula is C14H19ClFNS. The maximum absolute atomic E-state index is 13.3. The Balaban J connectivity index is 1.85. The molecule has 100 valence electrons. The third-order valence-electron chi connectivity index (χ3n) is 3.46. The molecule has 1 atom stereocenters. The van der Waals surface area contributed by atoms with Crippen LogP contribution in [0.5, 0.6) is 0 Å². The lowest BCUT2D eigenvalue weighted by Gasteiger charge is -2.24. The van der Waals surface area contributed by atoms with Crippen LogP contribution in [0.1, 0.15) is 24.8 Å². The highest BCUT2D eigenvalue weighted by molar-refractivity contribution is 7.99. The average Bonchev–Trinajstić information content (AvgIpc) is 2.35. The van der Waals surface area contributed by atoms with E-state index in [0.29, 0.717) is 0 Å². The minimum Gasteiger partial charge on any atom is -0.327 e. The van der Waals surface area contributed by atoms with Crippen molar-refractivity contribution in [2.75, 3.05) is 11.5 Å². The van der Waals surface area contributed by atoms with Crippen molar-refractivity contribution in [2.45, 2.75) is 31.7 Å². The Morgan fingerprint density at radius 3 is 2.78 bits per heavy atom. The number of hydrogen-bond acceptors (Lipinski definition) is 2. The van der Waals surface area contributed by atoms with E-state index in [0.717, 1.165) is 24.3 Å². The fourth-order valence-corrected chi connectivity index (χ4v) is 3.78. The maximum atomic E-state index is 13.3. The molecule has 1 aromatic carbocycles. The van der Waals surface area contributed by atoms with Crippen molar-refractivity contribution in [3.8, 4) is 0 Å². The van der Waals surface area contributed by atoms with Gasteiger partial charge in [0, 0.05) is 6.04 Å². The van der Waals surface area contributed by atoms with Crippen molar-refractivity contribution in [3.63, 3.8) is 0 Å². The summed E-state index contributed by atoms with van der Waals surface area (Å²) in [7, 11) is 0. The van der Waals surface area contributed by atoms with E-state index >= 15 is 0 Å². The fourth-order valence-electron chi connectivity index (χ4n) is 2.46. The van der Waals surface area contributed by atoms with Gasteiger partial charge in [-0.3, -0.25) is 0 Å². The Bertz CT molecular complexity index is 393. The van der Waals surface area contributed by atoms with Crippen molar-refractivity contribution in [2.24, 2.45) is 11.7 Å². The quantitative estimate of drug-likeness (QED) is 0.909. The van der Waals surface area contributed by atoms with Crippen LogP contribution in [0.4, 0.5) is 4.39 Å². The summed E-state index contributed by atoms with van der Waals surface area (Å²) in [5.41, 5.74) is 7.10. The zero-order chi connectivity index (χ0) is 13.0. The number of halogens is 2. The minimum atomic E-state index is -0.351. The van der Waals surface area contributed by atoms with Gasteiger partial charge in [-0.2, -0.15) is 11.8 Å². The third kappa shape index (κ3) is 4.15. The highest BCUT2D eigenvalue weighted by atomic mass is 35.5. The van der Waals surface area contributed by atoms with E-state index in [1.54, 1.807) is 6.07 Å². The van der Waals surface area contributed by atoms with Gasteiger partial charge in [0.1, 0.15) is 5.82 Å². The van der Waals surface area contributed by atoms with E-state index < -0.39 is 0 Å². The smallest absolute Gasteiger partial charge is 0.142 e. The van der Waals surface area contributed by atoms with Crippen LogP contribution >= 0.6 is 23.4 Å². The van der Waals surface area contributed by atoms with Crippen LogP contribution in [0.25, 0.3) is 0 Å². The topological polar surface area (TPSA) is 26.0 Å². The summed E-state index contributed by atoms with van der Waals surface area (Å²) in [6.45, 7) is 0. The molecule has 1 fully saturated rings. The Labute approximate surface area is 117 Å². The van der Waals surface area contributed by atoms with Gasteiger partial charge >= 0.3 is 0 Å². The van der Waals surface area contributed by atoms with Crippen LogP contribution in [0.3, 0.4) is 0 Å². The first kappa shape index (κ1) is 14.2. The number of thioether (sulfide) groups is 1. The zero-order valence-corrected chi connectivity index (χ0v) is 11.9. The molecule has 0 bridgehead atoms. The van der Waals surface area contributed by atoms with Crippen LogP contribution in [0, 0.1) is 11.7 Å². The molecule has 0 aliphatic carbocycles. The van der Waals surface area contributed by atoms with Gasteiger partial charge in [-0.05, 0) is 60.8 Å². The molecule has 2 N–H and O–H groups in total. The highest BCUT2D eigenvalue weighted by Gasteiger charge is 2.17. The molecule has 0 amide bonds. The van der Waals surface area contributed by atoms with E-state index in [9.17, 15) is 4.39 Å². The molecular weight excluding hydrogens is 269 g/mol. The van der Waals surface area contributed by atoms with E-state index in [-0.39, 0.29) is 16.9 Å². The first-order valence-corrected chi connectivity index (χ1v) is 7.95. The summed E-state index contributed by atoms with van der Waals surface area (Å²) >= 11 is 7.69. The molecule has 18 heavy (non-hydrogen) atoms. The first-order valence-electron chi connectivity index (χ1n) is 6.42.